The smallest absolute Gasteiger partial charge is 0.320 e. The number of anilines is 1. The maximum atomic E-state index is 11.7. The molecule has 6 nitrogen and oxygen atoms in total. The maximum absolute atomic E-state index is 11.7. The van der Waals surface area contributed by atoms with E-state index < -0.39 is 0 Å². The summed E-state index contributed by atoms with van der Waals surface area (Å²) in [5.41, 5.74) is 0.829. The molecule has 0 aromatic carbocycles. The predicted octanol–water partition coefficient (Wildman–Crippen LogP) is 1.65. The van der Waals surface area contributed by atoms with E-state index in [2.05, 4.69) is 15.7 Å². The van der Waals surface area contributed by atoms with Gasteiger partial charge in [0.05, 0.1) is 6.10 Å². The number of aromatic nitrogens is 2. The summed E-state index contributed by atoms with van der Waals surface area (Å²) in [6.45, 7) is 8.17. The maximum Gasteiger partial charge on any atom is 0.320 e. The number of hydrogen-bond donors (Lipinski definition) is 3. The fraction of sp³-hybridized carbons (Fsp3) is 0.692. The van der Waals surface area contributed by atoms with Crippen molar-refractivity contribution in [3.8, 4) is 0 Å². The monoisotopic (exact) mass is 268 g/mol. The molecule has 1 heterocycles. The Kier molecular flexibility index (Phi) is 4.94. The summed E-state index contributed by atoms with van der Waals surface area (Å²) < 4.78 is 1.70. The van der Waals surface area contributed by atoms with E-state index in [1.807, 2.05) is 27.8 Å². The fourth-order valence-electron chi connectivity index (χ4n) is 1.97. The Morgan fingerprint density at radius 2 is 2.21 bits per heavy atom. The molecule has 0 aliphatic carbocycles. The minimum atomic E-state index is -0.377. The van der Waals surface area contributed by atoms with Gasteiger partial charge < -0.3 is 10.4 Å². The highest BCUT2D eigenvalue weighted by Crippen LogP contribution is 2.21. The second kappa shape index (κ2) is 6.06. The fourth-order valence-corrected chi connectivity index (χ4v) is 1.97. The number of amides is 2. The van der Waals surface area contributed by atoms with Crippen molar-refractivity contribution in [2.24, 2.45) is 12.5 Å². The molecule has 108 valence electrons. The van der Waals surface area contributed by atoms with Gasteiger partial charge >= 0.3 is 6.03 Å². The van der Waals surface area contributed by atoms with Gasteiger partial charge in [-0.05, 0) is 25.7 Å². The SMILES string of the molecule is Cc1cc(NC(=O)NCC(C)(C)CC(C)O)nn1C. The van der Waals surface area contributed by atoms with Crippen LogP contribution >= 0.6 is 0 Å². The third kappa shape index (κ3) is 5.30. The van der Waals surface area contributed by atoms with Crippen LogP contribution in [0.25, 0.3) is 0 Å². The Balaban J connectivity index is 2.43. The number of urea groups is 1. The van der Waals surface area contributed by atoms with Gasteiger partial charge in [-0.2, -0.15) is 5.10 Å². The van der Waals surface area contributed by atoms with Crippen molar-refractivity contribution in [3.05, 3.63) is 11.8 Å². The Hall–Kier alpha value is -1.56. The van der Waals surface area contributed by atoms with Crippen LogP contribution in [0.4, 0.5) is 10.6 Å². The first-order chi connectivity index (χ1) is 8.69. The average Bonchev–Trinajstić information content (AvgIpc) is 2.53. The third-order valence-corrected chi connectivity index (χ3v) is 2.93. The van der Waals surface area contributed by atoms with Crippen LogP contribution in [0.3, 0.4) is 0 Å². The zero-order valence-corrected chi connectivity index (χ0v) is 12.3. The number of carbonyl (C=O) groups excluding carboxylic acids is 1. The Labute approximate surface area is 114 Å². The van der Waals surface area contributed by atoms with E-state index in [1.165, 1.54) is 0 Å². The first-order valence-electron chi connectivity index (χ1n) is 6.43. The summed E-state index contributed by atoms with van der Waals surface area (Å²) in [6.07, 6.45) is 0.258. The number of carbonyl (C=O) groups is 1. The molecule has 1 aromatic heterocycles. The first-order valence-corrected chi connectivity index (χ1v) is 6.43. The van der Waals surface area contributed by atoms with Crippen LogP contribution in [0.1, 0.15) is 32.9 Å². The summed E-state index contributed by atoms with van der Waals surface area (Å²) >= 11 is 0. The summed E-state index contributed by atoms with van der Waals surface area (Å²) in [4.78, 5) is 11.7. The molecule has 19 heavy (non-hydrogen) atoms. The molecule has 0 spiro atoms. The van der Waals surface area contributed by atoms with Crippen molar-refractivity contribution < 1.29 is 9.90 Å². The standard InChI is InChI=1S/C13H24N4O2/c1-9-6-11(16-17(9)5)15-12(19)14-8-13(3,4)7-10(2)18/h6,10,18H,7-8H2,1-5H3,(H2,14,15,16,19). The lowest BCUT2D eigenvalue weighted by molar-refractivity contribution is 0.129. The molecular weight excluding hydrogens is 244 g/mol. The molecule has 6 heteroatoms. The van der Waals surface area contributed by atoms with E-state index in [-0.39, 0.29) is 17.6 Å². The Morgan fingerprint density at radius 1 is 1.58 bits per heavy atom. The molecule has 2 amide bonds. The molecule has 0 bridgehead atoms. The number of aliphatic hydroxyl groups excluding tert-OH is 1. The molecule has 1 rings (SSSR count). The first kappa shape index (κ1) is 15.5. The normalized spacial score (nSPS) is 13.2. The number of aryl methyl sites for hydroxylation is 2. The molecule has 0 aliphatic rings. The van der Waals surface area contributed by atoms with Gasteiger partial charge in [0.2, 0.25) is 0 Å². The third-order valence-electron chi connectivity index (χ3n) is 2.93. The number of hydrogen-bond acceptors (Lipinski definition) is 3. The van der Waals surface area contributed by atoms with E-state index in [1.54, 1.807) is 17.7 Å². The van der Waals surface area contributed by atoms with Gasteiger partial charge in [-0.25, -0.2) is 4.79 Å². The average molecular weight is 268 g/mol. The van der Waals surface area contributed by atoms with Gasteiger partial charge in [-0.1, -0.05) is 13.8 Å². The second-order valence-corrected chi connectivity index (χ2v) is 5.82. The highest BCUT2D eigenvalue weighted by molar-refractivity contribution is 5.88. The lowest BCUT2D eigenvalue weighted by Crippen LogP contribution is -2.38. The van der Waals surface area contributed by atoms with Crippen molar-refractivity contribution in [3.63, 3.8) is 0 Å². The molecule has 1 unspecified atom stereocenters. The predicted molar refractivity (Wildman–Crippen MR) is 75.0 cm³/mol. The van der Waals surface area contributed by atoms with Crippen molar-refractivity contribution in [2.45, 2.75) is 40.2 Å². The number of nitrogens with one attached hydrogen (secondary N) is 2. The van der Waals surface area contributed by atoms with Gasteiger partial charge in [0.1, 0.15) is 0 Å². The van der Waals surface area contributed by atoms with Gasteiger partial charge in [-0.3, -0.25) is 10.00 Å². The summed E-state index contributed by atoms with van der Waals surface area (Å²) in [7, 11) is 1.82. The van der Waals surface area contributed by atoms with Crippen molar-refractivity contribution >= 4 is 11.8 Å². The quantitative estimate of drug-likeness (QED) is 0.759. The van der Waals surface area contributed by atoms with E-state index >= 15 is 0 Å². The van der Waals surface area contributed by atoms with Gasteiger partial charge in [0.25, 0.3) is 0 Å². The minimum Gasteiger partial charge on any atom is -0.393 e. The van der Waals surface area contributed by atoms with Gasteiger partial charge in [-0.15, -0.1) is 0 Å². The molecule has 1 atom stereocenters. The highest BCUT2D eigenvalue weighted by atomic mass is 16.3. The van der Waals surface area contributed by atoms with Crippen LogP contribution in [0.2, 0.25) is 0 Å². The summed E-state index contributed by atoms with van der Waals surface area (Å²) in [6, 6.07) is 1.53. The van der Waals surface area contributed by atoms with Crippen LogP contribution in [-0.2, 0) is 7.05 Å². The molecular formula is C13H24N4O2. The lowest BCUT2D eigenvalue weighted by Gasteiger charge is -2.26. The number of nitrogens with zero attached hydrogens (tertiary/aromatic N) is 2. The molecule has 1 aromatic rings. The van der Waals surface area contributed by atoms with Crippen LogP contribution in [0, 0.1) is 12.3 Å². The largest absolute Gasteiger partial charge is 0.393 e. The van der Waals surface area contributed by atoms with Crippen LogP contribution in [0.5, 0.6) is 0 Å². The van der Waals surface area contributed by atoms with Gasteiger partial charge in [0, 0.05) is 25.4 Å². The van der Waals surface area contributed by atoms with E-state index in [9.17, 15) is 9.90 Å². The molecule has 0 radical (unpaired) electrons. The topological polar surface area (TPSA) is 79.2 Å². The van der Waals surface area contributed by atoms with Gasteiger partial charge in [0.15, 0.2) is 5.82 Å². The molecule has 0 aliphatic heterocycles. The zero-order valence-electron chi connectivity index (χ0n) is 12.3. The van der Waals surface area contributed by atoms with Crippen molar-refractivity contribution in [2.75, 3.05) is 11.9 Å². The lowest BCUT2D eigenvalue weighted by atomic mass is 9.87. The van der Waals surface area contributed by atoms with Crippen LogP contribution in [-0.4, -0.2) is 33.6 Å². The Morgan fingerprint density at radius 3 is 2.68 bits per heavy atom. The summed E-state index contributed by atoms with van der Waals surface area (Å²) in [5, 5.41) is 19.0. The summed E-state index contributed by atoms with van der Waals surface area (Å²) in [5.74, 6) is 0.533. The van der Waals surface area contributed by atoms with Crippen molar-refractivity contribution in [1.29, 1.82) is 0 Å². The Bertz CT molecular complexity index is 418. The van der Waals surface area contributed by atoms with Crippen LogP contribution < -0.4 is 10.6 Å². The van der Waals surface area contributed by atoms with E-state index in [4.69, 9.17) is 0 Å². The number of aliphatic hydroxyl groups is 1. The van der Waals surface area contributed by atoms with E-state index in [0.29, 0.717) is 18.8 Å². The minimum absolute atomic E-state index is 0.147. The molecule has 0 fully saturated rings. The van der Waals surface area contributed by atoms with E-state index in [0.717, 1.165) is 5.69 Å². The molecule has 0 saturated heterocycles. The van der Waals surface area contributed by atoms with Crippen molar-refractivity contribution in [1.82, 2.24) is 15.1 Å². The zero-order chi connectivity index (χ0) is 14.6. The molecule has 3 N–H and O–H groups in total. The molecule has 0 saturated carbocycles. The number of rotatable bonds is 5. The second-order valence-electron chi connectivity index (χ2n) is 5.82. The highest BCUT2D eigenvalue weighted by Gasteiger charge is 2.21. The van der Waals surface area contributed by atoms with Crippen LogP contribution in [0.15, 0.2) is 6.07 Å².